The van der Waals surface area contributed by atoms with E-state index >= 15 is 0 Å². The zero-order chi connectivity index (χ0) is 13.8. The minimum absolute atomic E-state index is 0.239. The first-order valence-corrected chi connectivity index (χ1v) is 6.91. The molecule has 96 valence electrons. The Labute approximate surface area is 126 Å². The lowest BCUT2D eigenvalue weighted by Gasteiger charge is -2.07. The van der Waals surface area contributed by atoms with Crippen molar-refractivity contribution >= 4 is 44.1 Å². The molecule has 0 saturated carbocycles. The van der Waals surface area contributed by atoms with E-state index in [2.05, 4.69) is 31.9 Å². The van der Waals surface area contributed by atoms with Crippen molar-refractivity contribution in [2.75, 3.05) is 0 Å². The summed E-state index contributed by atoms with van der Waals surface area (Å²) < 4.78 is 6.75. The first-order valence-electron chi connectivity index (χ1n) is 5.32. The van der Waals surface area contributed by atoms with Crippen molar-refractivity contribution in [3.63, 3.8) is 0 Å². The first-order chi connectivity index (χ1) is 9.10. The van der Waals surface area contributed by atoms with Crippen molar-refractivity contribution in [3.05, 3.63) is 62.5 Å². The van der Waals surface area contributed by atoms with Crippen LogP contribution < -0.4 is 4.74 Å². The number of carbonyl (C=O) groups excluding carboxylic acids is 2. The molecule has 0 aliphatic carbocycles. The highest BCUT2D eigenvalue weighted by molar-refractivity contribution is 9.10. The molecule has 0 fully saturated rings. The van der Waals surface area contributed by atoms with Gasteiger partial charge in [0.2, 0.25) is 0 Å². The van der Waals surface area contributed by atoms with Crippen LogP contribution >= 0.6 is 31.9 Å². The average molecular weight is 384 g/mol. The minimum atomic E-state index is -0.508. The van der Waals surface area contributed by atoms with Gasteiger partial charge in [-0.05, 0) is 36.4 Å². The number of hydrogen-bond donors (Lipinski definition) is 0. The largest absolute Gasteiger partial charge is 0.422 e. The van der Waals surface area contributed by atoms with Crippen molar-refractivity contribution in [1.29, 1.82) is 0 Å². The Balaban J connectivity index is 2.26. The van der Waals surface area contributed by atoms with Gasteiger partial charge in [0, 0.05) is 8.95 Å². The fraction of sp³-hybridized carbons (Fsp3) is 0. The molecule has 3 nitrogen and oxygen atoms in total. The van der Waals surface area contributed by atoms with Crippen molar-refractivity contribution in [3.8, 4) is 5.75 Å². The van der Waals surface area contributed by atoms with Crippen molar-refractivity contribution < 1.29 is 14.3 Å². The summed E-state index contributed by atoms with van der Waals surface area (Å²) in [5, 5.41) is 0. The van der Waals surface area contributed by atoms with Gasteiger partial charge in [0.25, 0.3) is 0 Å². The normalized spacial score (nSPS) is 10.0. The smallest absolute Gasteiger partial charge is 0.343 e. The van der Waals surface area contributed by atoms with Crippen LogP contribution in [0.5, 0.6) is 5.75 Å². The first kappa shape index (κ1) is 14.0. The third-order valence-electron chi connectivity index (χ3n) is 2.36. The molecule has 0 aromatic heterocycles. The fourth-order valence-electron chi connectivity index (χ4n) is 1.48. The van der Waals surface area contributed by atoms with E-state index in [0.29, 0.717) is 17.4 Å². The van der Waals surface area contributed by atoms with E-state index < -0.39 is 5.97 Å². The van der Waals surface area contributed by atoms with Crippen LogP contribution in [-0.2, 0) is 0 Å². The van der Waals surface area contributed by atoms with E-state index in [-0.39, 0.29) is 5.75 Å². The van der Waals surface area contributed by atoms with Gasteiger partial charge < -0.3 is 4.74 Å². The van der Waals surface area contributed by atoms with Gasteiger partial charge >= 0.3 is 5.97 Å². The predicted octanol–water partition coefficient (Wildman–Crippen LogP) is 4.24. The molecule has 0 aliphatic rings. The maximum Gasteiger partial charge on any atom is 0.343 e. The van der Waals surface area contributed by atoms with E-state index in [1.54, 1.807) is 36.4 Å². The molecule has 0 saturated heterocycles. The molecule has 2 aromatic carbocycles. The quantitative estimate of drug-likeness (QED) is 0.452. The SMILES string of the molecule is O=Cc1cc(Br)ccc1OC(=O)c1cccc(Br)c1. The van der Waals surface area contributed by atoms with Gasteiger partial charge in [-0.15, -0.1) is 0 Å². The minimum Gasteiger partial charge on any atom is -0.422 e. The Morgan fingerprint density at radius 3 is 2.47 bits per heavy atom. The second-order valence-corrected chi connectivity index (χ2v) is 5.53. The van der Waals surface area contributed by atoms with Crippen LogP contribution in [0.15, 0.2) is 51.4 Å². The second kappa shape index (κ2) is 6.12. The van der Waals surface area contributed by atoms with Crippen LogP contribution in [-0.4, -0.2) is 12.3 Å². The van der Waals surface area contributed by atoms with Gasteiger partial charge in [0.05, 0.1) is 11.1 Å². The van der Waals surface area contributed by atoms with Crippen LogP contribution in [0.3, 0.4) is 0 Å². The highest BCUT2D eigenvalue weighted by Crippen LogP contribution is 2.23. The van der Waals surface area contributed by atoms with E-state index in [1.165, 1.54) is 0 Å². The van der Waals surface area contributed by atoms with Gasteiger partial charge in [-0.2, -0.15) is 0 Å². The topological polar surface area (TPSA) is 43.4 Å². The standard InChI is InChI=1S/C14H8Br2O3/c15-11-3-1-2-9(6-11)14(18)19-13-5-4-12(16)7-10(13)8-17/h1-8H. The summed E-state index contributed by atoms with van der Waals surface area (Å²) in [6.45, 7) is 0. The highest BCUT2D eigenvalue weighted by atomic mass is 79.9. The highest BCUT2D eigenvalue weighted by Gasteiger charge is 2.12. The molecule has 0 N–H and O–H groups in total. The van der Waals surface area contributed by atoms with Crippen molar-refractivity contribution in [2.24, 2.45) is 0 Å². The maximum atomic E-state index is 11.9. The number of aldehydes is 1. The van der Waals surface area contributed by atoms with Crippen molar-refractivity contribution in [2.45, 2.75) is 0 Å². The Kier molecular flexibility index (Phi) is 4.50. The summed E-state index contributed by atoms with van der Waals surface area (Å²) in [6.07, 6.45) is 0.647. The summed E-state index contributed by atoms with van der Waals surface area (Å²) >= 11 is 6.54. The van der Waals surface area contributed by atoms with Crippen LogP contribution in [0, 0.1) is 0 Å². The number of rotatable bonds is 3. The molecule has 2 rings (SSSR count). The van der Waals surface area contributed by atoms with Gasteiger partial charge in [-0.1, -0.05) is 37.9 Å². The molecule has 19 heavy (non-hydrogen) atoms. The molecular weight excluding hydrogens is 376 g/mol. The third-order valence-corrected chi connectivity index (χ3v) is 3.35. The Morgan fingerprint density at radius 2 is 1.79 bits per heavy atom. The summed E-state index contributed by atoms with van der Waals surface area (Å²) in [5.41, 5.74) is 0.729. The molecule has 0 radical (unpaired) electrons. The fourth-order valence-corrected chi connectivity index (χ4v) is 2.26. The Hall–Kier alpha value is -1.46. The molecule has 0 amide bonds. The summed E-state index contributed by atoms with van der Waals surface area (Å²) in [7, 11) is 0. The van der Waals surface area contributed by atoms with Gasteiger partial charge in [-0.25, -0.2) is 4.79 Å². The van der Waals surface area contributed by atoms with E-state index in [0.717, 1.165) is 8.95 Å². The Bertz CT molecular complexity index is 638. The van der Waals surface area contributed by atoms with Crippen LogP contribution in [0.25, 0.3) is 0 Å². The molecule has 0 atom stereocenters. The number of hydrogen-bond acceptors (Lipinski definition) is 3. The average Bonchev–Trinajstić information content (AvgIpc) is 2.40. The van der Waals surface area contributed by atoms with Crippen LogP contribution in [0.1, 0.15) is 20.7 Å². The third kappa shape index (κ3) is 3.52. The van der Waals surface area contributed by atoms with Gasteiger partial charge in [-0.3, -0.25) is 4.79 Å². The summed E-state index contributed by atoms with van der Waals surface area (Å²) in [4.78, 5) is 22.9. The molecule has 0 unspecified atom stereocenters. The molecule has 2 aromatic rings. The maximum absolute atomic E-state index is 11.9. The number of halogens is 2. The zero-order valence-electron chi connectivity index (χ0n) is 9.60. The second-order valence-electron chi connectivity index (χ2n) is 3.70. The predicted molar refractivity (Wildman–Crippen MR) is 78.6 cm³/mol. The van der Waals surface area contributed by atoms with Crippen LogP contribution in [0.2, 0.25) is 0 Å². The lowest BCUT2D eigenvalue weighted by atomic mass is 10.2. The molecule has 0 bridgehead atoms. The van der Waals surface area contributed by atoms with Crippen molar-refractivity contribution in [1.82, 2.24) is 0 Å². The monoisotopic (exact) mass is 382 g/mol. The van der Waals surface area contributed by atoms with Gasteiger partial charge in [0.15, 0.2) is 6.29 Å². The number of ether oxygens (including phenoxy) is 1. The van der Waals surface area contributed by atoms with Crippen LogP contribution in [0.4, 0.5) is 0 Å². The van der Waals surface area contributed by atoms with Gasteiger partial charge in [0.1, 0.15) is 5.75 Å². The molecule has 0 heterocycles. The Morgan fingerprint density at radius 1 is 1.05 bits per heavy atom. The summed E-state index contributed by atoms with van der Waals surface area (Å²) in [6, 6.07) is 11.7. The number of carbonyl (C=O) groups is 2. The lowest BCUT2D eigenvalue weighted by Crippen LogP contribution is -2.09. The zero-order valence-corrected chi connectivity index (χ0v) is 12.8. The van der Waals surface area contributed by atoms with E-state index in [9.17, 15) is 9.59 Å². The molecular formula is C14H8Br2O3. The molecule has 5 heteroatoms. The number of benzene rings is 2. The molecule has 0 spiro atoms. The summed E-state index contributed by atoms with van der Waals surface area (Å²) in [5.74, 6) is -0.269. The van der Waals surface area contributed by atoms with E-state index in [1.807, 2.05) is 6.07 Å². The number of esters is 1. The lowest BCUT2D eigenvalue weighted by molar-refractivity contribution is 0.0733. The van der Waals surface area contributed by atoms with E-state index in [4.69, 9.17) is 4.74 Å². The molecule has 0 aliphatic heterocycles.